The maximum absolute atomic E-state index is 15.0. The van der Waals surface area contributed by atoms with Crippen molar-refractivity contribution in [3.05, 3.63) is 77.9 Å². The number of aromatic nitrogens is 5. The van der Waals surface area contributed by atoms with E-state index in [0.717, 1.165) is 28.5 Å². The molecular formula is C27H27F2N7O3. The minimum absolute atomic E-state index is 0.0410. The van der Waals surface area contributed by atoms with Gasteiger partial charge in [0.2, 0.25) is 0 Å². The Labute approximate surface area is 223 Å². The highest BCUT2D eigenvalue weighted by Crippen LogP contribution is 2.36. The Morgan fingerprint density at radius 2 is 1.59 bits per heavy atom. The molecule has 39 heavy (non-hydrogen) atoms. The number of nitrogens with zero attached hydrogens (tertiary/aromatic N) is 5. The van der Waals surface area contributed by atoms with E-state index in [9.17, 15) is 8.78 Å². The van der Waals surface area contributed by atoms with Gasteiger partial charge in [0.25, 0.3) is 0 Å². The van der Waals surface area contributed by atoms with Crippen molar-refractivity contribution in [3.63, 3.8) is 0 Å². The maximum atomic E-state index is 15.0. The molecule has 0 saturated heterocycles. The summed E-state index contributed by atoms with van der Waals surface area (Å²) in [5, 5.41) is 15.7. The molecule has 10 nitrogen and oxygen atoms in total. The Kier molecular flexibility index (Phi) is 7.17. The van der Waals surface area contributed by atoms with Crippen LogP contribution in [0, 0.1) is 11.6 Å². The van der Waals surface area contributed by atoms with Crippen molar-refractivity contribution < 1.29 is 23.0 Å². The first kappa shape index (κ1) is 25.8. The summed E-state index contributed by atoms with van der Waals surface area (Å²) in [5.41, 5.74) is 3.35. The highest BCUT2D eigenvalue weighted by molar-refractivity contribution is 5.92. The molecule has 0 radical (unpaired) electrons. The van der Waals surface area contributed by atoms with Gasteiger partial charge in [-0.15, -0.1) is 0 Å². The topological polar surface area (TPSA) is 100 Å². The summed E-state index contributed by atoms with van der Waals surface area (Å²) in [6, 6.07) is 8.87. The fraction of sp³-hybridized carbons (Fsp3) is 0.222. The molecule has 0 unspecified atom stereocenters. The number of methoxy groups -OCH3 is 3. The van der Waals surface area contributed by atoms with Crippen molar-refractivity contribution >= 4 is 28.1 Å². The lowest BCUT2D eigenvalue weighted by Crippen LogP contribution is -2.09. The lowest BCUT2D eigenvalue weighted by Gasteiger charge is -2.16. The van der Waals surface area contributed by atoms with Crippen LogP contribution < -0.4 is 24.8 Å². The normalized spacial score (nSPS) is 11.0. The van der Waals surface area contributed by atoms with Crippen LogP contribution in [0.15, 0.2) is 55.1 Å². The van der Waals surface area contributed by atoms with Crippen LogP contribution in [0.4, 0.5) is 25.8 Å². The van der Waals surface area contributed by atoms with Gasteiger partial charge in [-0.1, -0.05) is 12.1 Å². The molecule has 0 aliphatic carbocycles. The molecule has 0 spiro atoms. The van der Waals surface area contributed by atoms with Gasteiger partial charge in [-0.3, -0.25) is 4.68 Å². The van der Waals surface area contributed by atoms with Crippen LogP contribution in [0.1, 0.15) is 11.1 Å². The third kappa shape index (κ3) is 5.13. The van der Waals surface area contributed by atoms with Crippen LogP contribution in [0.3, 0.4) is 0 Å². The number of benzene rings is 2. The van der Waals surface area contributed by atoms with E-state index < -0.39 is 11.6 Å². The molecular weight excluding hydrogens is 508 g/mol. The van der Waals surface area contributed by atoms with E-state index in [2.05, 4.69) is 25.8 Å². The molecule has 0 amide bonds. The molecule has 0 bridgehead atoms. The molecule has 0 aliphatic heterocycles. The number of fused-ring (bicyclic) bond motifs is 1. The zero-order valence-corrected chi connectivity index (χ0v) is 21.8. The highest BCUT2D eigenvalue weighted by Gasteiger charge is 2.21. The predicted octanol–water partition coefficient (Wildman–Crippen LogP) is 4.87. The number of aryl methyl sites for hydroxylation is 1. The molecule has 3 heterocycles. The van der Waals surface area contributed by atoms with E-state index in [-0.39, 0.29) is 23.7 Å². The summed E-state index contributed by atoms with van der Waals surface area (Å²) >= 11 is 0. The average Bonchev–Trinajstić information content (AvgIpc) is 3.55. The Bertz CT molecular complexity index is 1590. The van der Waals surface area contributed by atoms with Crippen molar-refractivity contribution in [1.82, 2.24) is 24.5 Å². The van der Waals surface area contributed by atoms with Gasteiger partial charge in [-0.25, -0.2) is 18.4 Å². The smallest absolute Gasteiger partial charge is 0.191 e. The zero-order valence-electron chi connectivity index (χ0n) is 21.8. The van der Waals surface area contributed by atoms with Gasteiger partial charge in [-0.2, -0.15) is 10.2 Å². The van der Waals surface area contributed by atoms with Gasteiger partial charge >= 0.3 is 0 Å². The van der Waals surface area contributed by atoms with Gasteiger partial charge in [-0.05, 0) is 17.7 Å². The average molecular weight is 536 g/mol. The first-order valence-electron chi connectivity index (χ1n) is 12.0. The van der Waals surface area contributed by atoms with Gasteiger partial charge in [0.1, 0.15) is 11.4 Å². The highest BCUT2D eigenvalue weighted by atomic mass is 19.1. The van der Waals surface area contributed by atoms with Gasteiger partial charge in [0.05, 0.1) is 57.0 Å². The van der Waals surface area contributed by atoms with E-state index in [4.69, 9.17) is 14.2 Å². The summed E-state index contributed by atoms with van der Waals surface area (Å²) in [6.07, 6.45) is 6.85. The molecule has 12 heteroatoms. The third-order valence-electron chi connectivity index (χ3n) is 6.24. The summed E-state index contributed by atoms with van der Waals surface area (Å²) in [7, 11) is 6.04. The second-order valence-electron chi connectivity index (χ2n) is 8.71. The molecule has 2 N–H and O–H groups in total. The van der Waals surface area contributed by atoms with Crippen molar-refractivity contribution in [1.29, 1.82) is 0 Å². The van der Waals surface area contributed by atoms with E-state index in [1.165, 1.54) is 14.2 Å². The van der Waals surface area contributed by atoms with Crippen LogP contribution in [0.5, 0.6) is 17.2 Å². The molecule has 0 fully saturated rings. The Morgan fingerprint density at radius 3 is 2.21 bits per heavy atom. The largest absolute Gasteiger partial charge is 0.497 e. The number of hydrogen-bond donors (Lipinski definition) is 2. The number of pyridine rings is 1. The van der Waals surface area contributed by atoms with E-state index in [0.29, 0.717) is 23.4 Å². The number of halogens is 2. The number of hydrogen-bond acceptors (Lipinski definition) is 8. The lowest BCUT2D eigenvalue weighted by molar-refractivity contribution is 0.360. The van der Waals surface area contributed by atoms with E-state index >= 15 is 0 Å². The van der Waals surface area contributed by atoms with Crippen LogP contribution in [0.2, 0.25) is 0 Å². The molecule has 0 atom stereocenters. The van der Waals surface area contributed by atoms with Crippen LogP contribution >= 0.6 is 0 Å². The minimum atomic E-state index is -0.862. The first-order valence-corrected chi connectivity index (χ1v) is 12.0. The van der Waals surface area contributed by atoms with Crippen molar-refractivity contribution in [2.24, 2.45) is 7.05 Å². The van der Waals surface area contributed by atoms with Crippen molar-refractivity contribution in [2.75, 3.05) is 32.0 Å². The molecule has 202 valence electrons. The molecule has 5 rings (SSSR count). The summed E-state index contributed by atoms with van der Waals surface area (Å²) in [4.78, 5) is 4.64. The first-order chi connectivity index (χ1) is 18.9. The van der Waals surface area contributed by atoms with Crippen molar-refractivity contribution in [3.8, 4) is 17.2 Å². The maximum Gasteiger partial charge on any atom is 0.191 e. The zero-order chi connectivity index (χ0) is 27.5. The van der Waals surface area contributed by atoms with E-state index in [1.807, 2.05) is 37.5 Å². The monoisotopic (exact) mass is 535 g/mol. The van der Waals surface area contributed by atoms with Crippen LogP contribution in [-0.2, 0) is 20.1 Å². The molecule has 0 aliphatic rings. The number of rotatable bonds is 10. The number of nitrogens with one attached hydrogen (secondary N) is 2. The summed E-state index contributed by atoms with van der Waals surface area (Å²) in [5.74, 6) is -1.24. The van der Waals surface area contributed by atoms with Gasteiger partial charge in [0, 0.05) is 37.6 Å². The fourth-order valence-corrected chi connectivity index (χ4v) is 4.22. The van der Waals surface area contributed by atoms with Gasteiger partial charge < -0.3 is 24.8 Å². The third-order valence-corrected chi connectivity index (χ3v) is 6.24. The summed E-state index contributed by atoms with van der Waals surface area (Å²) in [6.45, 7) is 0.532. The fourth-order valence-electron chi connectivity index (χ4n) is 4.22. The minimum Gasteiger partial charge on any atom is -0.497 e. The molecule has 0 saturated carbocycles. The standard InChI is InChI=1S/C27H27F2N7O3/c1-35-15-18(12-32-35)34-25-17(10-30-26-23(28)21(38-3)9-22(39-4)24(26)29)11-31-27-20(25)13-33-36(27)14-16-5-7-19(37-2)8-6-16/h5-9,11-13,15,30H,10,14H2,1-4H3,(H,31,34). The quantitative estimate of drug-likeness (QED) is 0.261. The summed E-state index contributed by atoms with van der Waals surface area (Å²) < 4.78 is 48.7. The SMILES string of the molecule is COc1ccc(Cn2ncc3c(Nc4cnn(C)c4)c(CNc4c(F)c(OC)cc(OC)c4F)cnc32)cc1. The van der Waals surface area contributed by atoms with Crippen LogP contribution in [-0.4, -0.2) is 45.9 Å². The molecule has 5 aromatic rings. The second kappa shape index (κ2) is 10.9. The van der Waals surface area contributed by atoms with E-state index in [1.54, 1.807) is 35.1 Å². The second-order valence-corrected chi connectivity index (χ2v) is 8.71. The van der Waals surface area contributed by atoms with Crippen molar-refractivity contribution in [2.45, 2.75) is 13.1 Å². The van der Waals surface area contributed by atoms with Crippen LogP contribution in [0.25, 0.3) is 11.0 Å². The Morgan fingerprint density at radius 1 is 0.872 bits per heavy atom. The molecule has 3 aromatic heterocycles. The van der Waals surface area contributed by atoms with Gasteiger partial charge in [0.15, 0.2) is 28.8 Å². The molecule has 2 aromatic carbocycles. The lowest BCUT2D eigenvalue weighted by atomic mass is 10.1. The Hall–Kier alpha value is -4.87. The number of anilines is 3. The Balaban J connectivity index is 1.51. The number of ether oxygens (including phenoxy) is 3. The predicted molar refractivity (Wildman–Crippen MR) is 143 cm³/mol.